The van der Waals surface area contributed by atoms with Crippen molar-refractivity contribution >= 4 is 5.97 Å². The van der Waals surface area contributed by atoms with E-state index in [-0.39, 0.29) is 5.92 Å². The van der Waals surface area contributed by atoms with Crippen molar-refractivity contribution in [3.05, 3.63) is 0 Å². The van der Waals surface area contributed by atoms with Crippen LogP contribution in [0.1, 0.15) is 25.7 Å². The molecule has 4 nitrogen and oxygen atoms in total. The zero-order valence-corrected chi connectivity index (χ0v) is 9.04. The average molecular weight is 212 g/mol. The Labute approximate surface area is 90.4 Å². The van der Waals surface area contributed by atoms with Crippen molar-refractivity contribution in [2.24, 2.45) is 11.8 Å². The molecule has 0 amide bonds. The maximum Gasteiger partial charge on any atom is 0.308 e. The Morgan fingerprint density at radius 1 is 1.33 bits per heavy atom. The molecule has 1 saturated carbocycles. The van der Waals surface area contributed by atoms with Gasteiger partial charge >= 0.3 is 5.97 Å². The number of carboxylic acid groups (broad SMARTS) is 1. The van der Waals surface area contributed by atoms with Crippen molar-refractivity contribution in [1.29, 1.82) is 0 Å². The third-order valence-electron chi connectivity index (χ3n) is 3.47. The van der Waals surface area contributed by atoms with Crippen molar-refractivity contribution < 1.29 is 9.90 Å². The fourth-order valence-corrected chi connectivity index (χ4v) is 2.28. The van der Waals surface area contributed by atoms with Crippen LogP contribution in [0.5, 0.6) is 0 Å². The lowest BCUT2D eigenvalue weighted by Gasteiger charge is -2.28. The largest absolute Gasteiger partial charge is 0.481 e. The van der Waals surface area contributed by atoms with Gasteiger partial charge in [0.2, 0.25) is 0 Å². The first kappa shape index (κ1) is 10.9. The highest BCUT2D eigenvalue weighted by atomic mass is 16.4. The van der Waals surface area contributed by atoms with Crippen LogP contribution < -0.4 is 10.6 Å². The Kier molecular flexibility index (Phi) is 3.59. The van der Waals surface area contributed by atoms with Gasteiger partial charge in [-0.05, 0) is 44.7 Å². The Morgan fingerprint density at radius 3 is 2.53 bits per heavy atom. The molecule has 1 saturated heterocycles. The van der Waals surface area contributed by atoms with Gasteiger partial charge in [0, 0.05) is 12.6 Å². The molecule has 3 N–H and O–H groups in total. The van der Waals surface area contributed by atoms with Crippen molar-refractivity contribution in [1.82, 2.24) is 10.6 Å². The molecule has 15 heavy (non-hydrogen) atoms. The van der Waals surface area contributed by atoms with Gasteiger partial charge in [0.1, 0.15) is 0 Å². The van der Waals surface area contributed by atoms with Crippen LogP contribution in [0.4, 0.5) is 0 Å². The van der Waals surface area contributed by atoms with Crippen LogP contribution in [0.25, 0.3) is 0 Å². The molecule has 0 aromatic carbocycles. The molecular formula is C11H20N2O2. The summed E-state index contributed by atoms with van der Waals surface area (Å²) in [5, 5.41) is 15.8. The molecule has 0 radical (unpaired) electrons. The minimum absolute atomic E-state index is 0.187. The number of nitrogens with one attached hydrogen (secondary N) is 2. The Balaban J connectivity index is 1.82. The third kappa shape index (κ3) is 3.18. The van der Waals surface area contributed by atoms with E-state index in [9.17, 15) is 9.90 Å². The Morgan fingerprint density at radius 2 is 2.00 bits per heavy atom. The molecule has 4 heteroatoms. The number of carboxylic acids is 1. The molecule has 2 aliphatic rings. The summed E-state index contributed by atoms with van der Waals surface area (Å²) < 4.78 is 0. The number of carbonyl (C=O) groups is 1. The summed E-state index contributed by atoms with van der Waals surface area (Å²) >= 11 is 0. The van der Waals surface area contributed by atoms with Gasteiger partial charge in [0.05, 0.1) is 5.92 Å². The molecule has 0 bridgehead atoms. The Hall–Kier alpha value is -0.610. The standard InChI is InChI=1S/C11H20N2O2/c14-11(15)10(7-13-9-1-2-9)8-3-5-12-6-4-8/h8-10,12-13H,1-7H2,(H,14,15). The van der Waals surface area contributed by atoms with Gasteiger partial charge < -0.3 is 15.7 Å². The fourth-order valence-electron chi connectivity index (χ4n) is 2.28. The van der Waals surface area contributed by atoms with Crippen molar-refractivity contribution in [3.8, 4) is 0 Å². The third-order valence-corrected chi connectivity index (χ3v) is 3.47. The van der Waals surface area contributed by atoms with Gasteiger partial charge in [-0.3, -0.25) is 4.79 Å². The molecule has 1 heterocycles. The lowest BCUT2D eigenvalue weighted by molar-refractivity contribution is -0.143. The number of hydrogen-bond donors (Lipinski definition) is 3. The van der Waals surface area contributed by atoms with E-state index in [4.69, 9.17) is 0 Å². The predicted octanol–water partition coefficient (Wildman–Crippen LogP) is 0.439. The topological polar surface area (TPSA) is 61.4 Å². The van der Waals surface area contributed by atoms with E-state index in [1.165, 1.54) is 12.8 Å². The molecule has 0 spiro atoms. The van der Waals surface area contributed by atoms with Gasteiger partial charge in [-0.1, -0.05) is 0 Å². The van der Waals surface area contributed by atoms with Crippen molar-refractivity contribution in [2.45, 2.75) is 31.7 Å². The van der Waals surface area contributed by atoms with Gasteiger partial charge in [0.25, 0.3) is 0 Å². The number of aliphatic carboxylic acids is 1. The molecular weight excluding hydrogens is 192 g/mol. The monoisotopic (exact) mass is 212 g/mol. The SMILES string of the molecule is O=C(O)C(CNC1CC1)C1CCNCC1. The maximum atomic E-state index is 11.2. The minimum atomic E-state index is -0.630. The minimum Gasteiger partial charge on any atom is -0.481 e. The highest BCUT2D eigenvalue weighted by molar-refractivity contribution is 5.70. The van der Waals surface area contributed by atoms with Crippen LogP contribution in [-0.4, -0.2) is 36.8 Å². The molecule has 1 unspecified atom stereocenters. The second-order valence-corrected chi connectivity index (χ2v) is 4.71. The molecule has 1 aliphatic carbocycles. The summed E-state index contributed by atoms with van der Waals surface area (Å²) in [6.45, 7) is 2.60. The van der Waals surface area contributed by atoms with E-state index in [1.54, 1.807) is 0 Å². The second kappa shape index (κ2) is 4.94. The molecule has 2 rings (SSSR count). The predicted molar refractivity (Wildman–Crippen MR) is 57.7 cm³/mol. The summed E-state index contributed by atoms with van der Waals surface area (Å²) in [6, 6.07) is 0.605. The number of rotatable bonds is 5. The summed E-state index contributed by atoms with van der Waals surface area (Å²) in [4.78, 5) is 11.2. The maximum absolute atomic E-state index is 11.2. The average Bonchev–Trinajstić information content (AvgIpc) is 3.03. The van der Waals surface area contributed by atoms with E-state index in [1.807, 2.05) is 0 Å². The van der Waals surface area contributed by atoms with Crippen LogP contribution in [0.2, 0.25) is 0 Å². The number of hydrogen-bond acceptors (Lipinski definition) is 3. The Bertz CT molecular complexity index is 223. The fraction of sp³-hybridized carbons (Fsp3) is 0.909. The quantitative estimate of drug-likeness (QED) is 0.619. The normalized spacial score (nSPS) is 25.1. The van der Waals surface area contributed by atoms with E-state index >= 15 is 0 Å². The first-order valence-electron chi connectivity index (χ1n) is 5.94. The smallest absolute Gasteiger partial charge is 0.308 e. The molecule has 1 atom stereocenters. The second-order valence-electron chi connectivity index (χ2n) is 4.71. The van der Waals surface area contributed by atoms with Crippen LogP contribution in [0, 0.1) is 11.8 Å². The molecule has 0 aromatic heterocycles. The van der Waals surface area contributed by atoms with Crippen molar-refractivity contribution in [3.63, 3.8) is 0 Å². The summed E-state index contributed by atoms with van der Waals surface area (Å²) in [5.41, 5.74) is 0. The van der Waals surface area contributed by atoms with Gasteiger partial charge in [-0.2, -0.15) is 0 Å². The van der Waals surface area contributed by atoms with Gasteiger partial charge in [-0.15, -0.1) is 0 Å². The molecule has 1 aliphatic heterocycles. The first-order valence-corrected chi connectivity index (χ1v) is 5.94. The molecule has 2 fully saturated rings. The first-order chi connectivity index (χ1) is 7.27. The van der Waals surface area contributed by atoms with Crippen LogP contribution >= 0.6 is 0 Å². The van der Waals surface area contributed by atoms with Crippen LogP contribution in [0.15, 0.2) is 0 Å². The van der Waals surface area contributed by atoms with E-state index in [0.29, 0.717) is 18.5 Å². The summed E-state index contributed by atoms with van der Waals surface area (Å²) in [7, 11) is 0. The highest BCUT2D eigenvalue weighted by Crippen LogP contribution is 2.24. The molecule has 0 aromatic rings. The van der Waals surface area contributed by atoms with E-state index < -0.39 is 5.97 Å². The van der Waals surface area contributed by atoms with E-state index in [2.05, 4.69) is 10.6 Å². The lowest BCUT2D eigenvalue weighted by atomic mass is 9.85. The van der Waals surface area contributed by atoms with Crippen LogP contribution in [-0.2, 0) is 4.79 Å². The van der Waals surface area contributed by atoms with Gasteiger partial charge in [0.15, 0.2) is 0 Å². The highest BCUT2D eigenvalue weighted by Gasteiger charge is 2.31. The summed E-state index contributed by atoms with van der Waals surface area (Å²) in [5.74, 6) is -0.460. The molecule has 86 valence electrons. The van der Waals surface area contributed by atoms with Crippen molar-refractivity contribution in [2.75, 3.05) is 19.6 Å². The van der Waals surface area contributed by atoms with E-state index in [0.717, 1.165) is 25.9 Å². The number of piperidine rings is 1. The zero-order chi connectivity index (χ0) is 10.7. The zero-order valence-electron chi connectivity index (χ0n) is 9.04. The van der Waals surface area contributed by atoms with Crippen LogP contribution in [0.3, 0.4) is 0 Å². The van der Waals surface area contributed by atoms with Gasteiger partial charge in [-0.25, -0.2) is 0 Å². The summed E-state index contributed by atoms with van der Waals surface area (Å²) in [6.07, 6.45) is 4.45. The lowest BCUT2D eigenvalue weighted by Crippen LogP contribution is -2.40.